The molecule has 1 atom stereocenters. The average Bonchev–Trinajstić information content (AvgIpc) is 2.24. The van der Waals surface area contributed by atoms with Gasteiger partial charge in [0.15, 0.2) is 0 Å². The Kier molecular flexibility index (Phi) is 2.73. The van der Waals surface area contributed by atoms with Crippen LogP contribution < -0.4 is 0 Å². The zero-order valence-corrected chi connectivity index (χ0v) is 7.67. The van der Waals surface area contributed by atoms with Gasteiger partial charge in [-0.1, -0.05) is 0 Å². The molecular weight excluding hydrogens is 196 g/mol. The maximum atomic E-state index is 12.9. The molecule has 0 aromatic carbocycles. The smallest absolute Gasteiger partial charge is 0.305 e. The molecule has 14 heavy (non-hydrogen) atoms. The van der Waals surface area contributed by atoms with Crippen LogP contribution in [0, 0.1) is 0 Å². The lowest BCUT2D eigenvalue weighted by molar-refractivity contribution is -0.139. The molecule has 0 aromatic rings. The van der Waals surface area contributed by atoms with Gasteiger partial charge in [-0.05, 0) is 0 Å². The third-order valence-corrected chi connectivity index (χ3v) is 2.19. The van der Waals surface area contributed by atoms with E-state index in [0.29, 0.717) is 0 Å². The number of carbonyl (C=O) groups is 2. The zero-order chi connectivity index (χ0) is 10.9. The number of likely N-dealkylation sites (tertiary alicyclic amines) is 1. The number of carbonyl (C=O) groups excluding carboxylic acids is 1. The molecule has 0 radical (unpaired) electrons. The first-order valence-corrected chi connectivity index (χ1v) is 4.19. The minimum Gasteiger partial charge on any atom is -0.481 e. The van der Waals surface area contributed by atoms with Gasteiger partial charge < -0.3 is 10.0 Å². The summed E-state index contributed by atoms with van der Waals surface area (Å²) in [5, 5.41) is 8.46. The molecule has 1 amide bonds. The second-order valence-electron chi connectivity index (χ2n) is 3.46. The molecule has 0 aromatic heterocycles. The molecule has 0 unspecified atom stereocenters. The number of carboxylic acid groups (broad SMARTS) is 1. The monoisotopic (exact) mass is 207 g/mol. The highest BCUT2D eigenvalue weighted by molar-refractivity contribution is 5.75. The van der Waals surface area contributed by atoms with Gasteiger partial charge in [-0.25, -0.2) is 8.78 Å². The van der Waals surface area contributed by atoms with E-state index in [1.807, 2.05) is 0 Å². The van der Waals surface area contributed by atoms with Crippen molar-refractivity contribution in [2.24, 2.45) is 0 Å². The van der Waals surface area contributed by atoms with E-state index in [9.17, 15) is 18.4 Å². The number of alkyl halides is 2. The van der Waals surface area contributed by atoms with Crippen LogP contribution in [0.1, 0.15) is 19.8 Å². The summed E-state index contributed by atoms with van der Waals surface area (Å²) in [6.07, 6.45) is -0.978. The van der Waals surface area contributed by atoms with Crippen molar-refractivity contribution in [3.05, 3.63) is 0 Å². The molecule has 1 rings (SSSR count). The van der Waals surface area contributed by atoms with Gasteiger partial charge in [-0.3, -0.25) is 9.59 Å². The van der Waals surface area contributed by atoms with E-state index >= 15 is 0 Å². The molecule has 6 heteroatoms. The predicted molar refractivity (Wildman–Crippen MR) is 43.0 cm³/mol. The van der Waals surface area contributed by atoms with Gasteiger partial charge >= 0.3 is 5.97 Å². The summed E-state index contributed by atoms with van der Waals surface area (Å²) < 4.78 is 25.7. The van der Waals surface area contributed by atoms with E-state index in [0.717, 1.165) is 11.8 Å². The van der Waals surface area contributed by atoms with Crippen LogP contribution >= 0.6 is 0 Å². The van der Waals surface area contributed by atoms with Crippen molar-refractivity contribution in [2.45, 2.75) is 31.7 Å². The maximum Gasteiger partial charge on any atom is 0.305 e. The van der Waals surface area contributed by atoms with Gasteiger partial charge in [-0.15, -0.1) is 0 Å². The molecule has 4 nitrogen and oxygen atoms in total. The number of carboxylic acids is 1. The Morgan fingerprint density at radius 3 is 2.57 bits per heavy atom. The summed E-state index contributed by atoms with van der Waals surface area (Å²) >= 11 is 0. The van der Waals surface area contributed by atoms with E-state index < -0.39 is 43.2 Å². The second-order valence-corrected chi connectivity index (χ2v) is 3.46. The number of nitrogens with zero attached hydrogens (tertiary/aromatic N) is 1. The second kappa shape index (κ2) is 3.51. The van der Waals surface area contributed by atoms with Crippen LogP contribution in [0.15, 0.2) is 0 Å². The number of aliphatic carboxylic acids is 1. The van der Waals surface area contributed by atoms with Gasteiger partial charge in [0.2, 0.25) is 5.91 Å². The first-order chi connectivity index (χ1) is 6.32. The Balaban J connectivity index is 2.72. The lowest BCUT2D eigenvalue weighted by atomic mass is 10.1. The first-order valence-electron chi connectivity index (χ1n) is 4.19. The maximum absolute atomic E-state index is 12.9. The number of amides is 1. The SMILES string of the molecule is CC(=O)N1CC(F)(F)C[C@H]1CC(=O)O. The van der Waals surface area contributed by atoms with Gasteiger partial charge in [0, 0.05) is 19.4 Å². The molecule has 0 bridgehead atoms. The Morgan fingerprint density at radius 2 is 2.14 bits per heavy atom. The third-order valence-electron chi connectivity index (χ3n) is 2.19. The van der Waals surface area contributed by atoms with E-state index in [1.165, 1.54) is 0 Å². The molecule has 0 saturated carbocycles. The first kappa shape index (κ1) is 10.9. The fourth-order valence-electron chi connectivity index (χ4n) is 1.65. The quantitative estimate of drug-likeness (QED) is 0.725. The van der Waals surface area contributed by atoms with Crippen molar-refractivity contribution in [2.75, 3.05) is 6.54 Å². The van der Waals surface area contributed by atoms with E-state index in [1.54, 1.807) is 0 Å². The van der Waals surface area contributed by atoms with E-state index in [2.05, 4.69) is 0 Å². The molecule has 1 N–H and O–H groups in total. The normalized spacial score (nSPS) is 25.1. The minimum atomic E-state index is -2.95. The van der Waals surface area contributed by atoms with Crippen LogP contribution in [-0.2, 0) is 9.59 Å². The molecule has 1 heterocycles. The van der Waals surface area contributed by atoms with Crippen LogP contribution in [0.2, 0.25) is 0 Å². The summed E-state index contributed by atoms with van der Waals surface area (Å²) in [6.45, 7) is 0.497. The number of halogens is 2. The Hall–Kier alpha value is -1.20. The van der Waals surface area contributed by atoms with Gasteiger partial charge in [0.1, 0.15) is 0 Å². The Labute approximate surface area is 79.5 Å². The van der Waals surface area contributed by atoms with Gasteiger partial charge in [-0.2, -0.15) is 0 Å². The highest BCUT2D eigenvalue weighted by Crippen LogP contribution is 2.33. The van der Waals surface area contributed by atoms with Crippen LogP contribution in [0.4, 0.5) is 8.78 Å². The van der Waals surface area contributed by atoms with Gasteiger partial charge in [0.05, 0.1) is 13.0 Å². The topological polar surface area (TPSA) is 57.6 Å². The van der Waals surface area contributed by atoms with Crippen LogP contribution in [-0.4, -0.2) is 40.4 Å². The van der Waals surface area contributed by atoms with Crippen molar-refractivity contribution in [1.82, 2.24) is 4.90 Å². The Bertz CT molecular complexity index is 267. The third kappa shape index (κ3) is 2.40. The van der Waals surface area contributed by atoms with Crippen molar-refractivity contribution < 1.29 is 23.5 Å². The summed E-state index contributed by atoms with van der Waals surface area (Å²) in [7, 11) is 0. The van der Waals surface area contributed by atoms with Crippen LogP contribution in [0.3, 0.4) is 0 Å². The van der Waals surface area contributed by atoms with Crippen molar-refractivity contribution in [3.63, 3.8) is 0 Å². The zero-order valence-electron chi connectivity index (χ0n) is 7.67. The van der Waals surface area contributed by atoms with Crippen molar-refractivity contribution in [3.8, 4) is 0 Å². The Morgan fingerprint density at radius 1 is 1.57 bits per heavy atom. The molecule has 1 aliphatic heterocycles. The van der Waals surface area contributed by atoms with Crippen LogP contribution in [0.25, 0.3) is 0 Å². The van der Waals surface area contributed by atoms with Crippen LogP contribution in [0.5, 0.6) is 0 Å². The summed E-state index contributed by atoms with van der Waals surface area (Å²) in [5.41, 5.74) is 0. The van der Waals surface area contributed by atoms with E-state index in [4.69, 9.17) is 5.11 Å². The molecule has 0 aliphatic carbocycles. The number of hydrogen-bond donors (Lipinski definition) is 1. The fraction of sp³-hybridized carbons (Fsp3) is 0.750. The summed E-state index contributed by atoms with van der Waals surface area (Å²) in [6, 6.07) is -0.875. The highest BCUT2D eigenvalue weighted by Gasteiger charge is 2.46. The van der Waals surface area contributed by atoms with E-state index in [-0.39, 0.29) is 0 Å². The number of rotatable bonds is 2. The van der Waals surface area contributed by atoms with Crippen molar-refractivity contribution >= 4 is 11.9 Å². The number of hydrogen-bond acceptors (Lipinski definition) is 2. The molecule has 1 saturated heterocycles. The standard InChI is InChI=1S/C8H11F2NO3/c1-5(12)11-4-8(9,10)3-6(11)2-7(13)14/h6H,2-4H2,1H3,(H,13,14)/t6-/m1/s1. The highest BCUT2D eigenvalue weighted by atomic mass is 19.3. The molecular formula is C8H11F2NO3. The predicted octanol–water partition coefficient (Wildman–Crippen LogP) is 0.717. The molecule has 0 spiro atoms. The molecule has 1 fully saturated rings. The lowest BCUT2D eigenvalue weighted by Crippen LogP contribution is -2.35. The average molecular weight is 207 g/mol. The molecule has 1 aliphatic rings. The minimum absolute atomic E-state index is 0.421. The van der Waals surface area contributed by atoms with Crippen molar-refractivity contribution in [1.29, 1.82) is 0 Å². The fourth-order valence-corrected chi connectivity index (χ4v) is 1.65. The van der Waals surface area contributed by atoms with Gasteiger partial charge in [0.25, 0.3) is 5.92 Å². The summed E-state index contributed by atoms with van der Waals surface area (Å²) in [4.78, 5) is 22.2. The lowest BCUT2D eigenvalue weighted by Gasteiger charge is -2.20. The molecule has 80 valence electrons. The largest absolute Gasteiger partial charge is 0.481 e. The summed E-state index contributed by atoms with van der Waals surface area (Å²) in [5.74, 6) is -4.63.